The number of fused-ring (bicyclic) bond motifs is 2. The van der Waals surface area contributed by atoms with Crippen molar-refractivity contribution in [2.75, 3.05) is 13.2 Å². The third-order valence-electron chi connectivity index (χ3n) is 5.34. The Hall–Kier alpha value is -1.82. The highest BCUT2D eigenvalue weighted by Crippen LogP contribution is 2.41. The highest BCUT2D eigenvalue weighted by molar-refractivity contribution is 5.22. The molecule has 4 rings (SSSR count). The number of aromatic nitrogens is 1. The van der Waals surface area contributed by atoms with Crippen LogP contribution in [0.3, 0.4) is 0 Å². The minimum atomic E-state index is -1.23. The molecule has 0 amide bonds. The molecule has 1 N–H and O–H groups in total. The van der Waals surface area contributed by atoms with E-state index in [1.165, 1.54) is 11.6 Å². The number of morpholine rings is 1. The molecule has 1 aromatic carbocycles. The van der Waals surface area contributed by atoms with Crippen LogP contribution in [0.25, 0.3) is 0 Å². The number of ether oxygens (including phenoxy) is 1. The van der Waals surface area contributed by atoms with Crippen molar-refractivity contribution in [1.82, 2.24) is 9.88 Å². The van der Waals surface area contributed by atoms with Crippen molar-refractivity contribution in [2.45, 2.75) is 44.0 Å². The quantitative estimate of drug-likeness (QED) is 0.932. The number of aliphatic hydroxyl groups is 1. The van der Waals surface area contributed by atoms with E-state index in [0.717, 1.165) is 12.2 Å². The molecular formula is C20H23FN2O2. The number of piperidine rings is 1. The van der Waals surface area contributed by atoms with Crippen LogP contribution in [0.5, 0.6) is 0 Å². The fourth-order valence-electron chi connectivity index (χ4n) is 4.16. The molecule has 2 fully saturated rings. The molecule has 132 valence electrons. The van der Waals surface area contributed by atoms with E-state index in [0.29, 0.717) is 26.1 Å². The highest BCUT2D eigenvalue weighted by atomic mass is 19.1. The highest BCUT2D eigenvalue weighted by Gasteiger charge is 2.48. The average Bonchev–Trinajstić information content (AvgIpc) is 2.59. The van der Waals surface area contributed by atoms with E-state index in [4.69, 9.17) is 4.74 Å². The van der Waals surface area contributed by atoms with Crippen LogP contribution in [0.15, 0.2) is 42.5 Å². The van der Waals surface area contributed by atoms with Crippen molar-refractivity contribution in [3.8, 4) is 0 Å². The molecule has 25 heavy (non-hydrogen) atoms. The summed E-state index contributed by atoms with van der Waals surface area (Å²) in [5.74, 6) is -0.427. The Kier molecular flexibility index (Phi) is 4.31. The van der Waals surface area contributed by atoms with Crippen molar-refractivity contribution in [3.05, 3.63) is 65.2 Å². The number of benzene rings is 1. The number of pyridine rings is 1. The first-order valence-corrected chi connectivity index (χ1v) is 8.78. The van der Waals surface area contributed by atoms with Gasteiger partial charge in [0.15, 0.2) is 0 Å². The van der Waals surface area contributed by atoms with Crippen molar-refractivity contribution in [2.24, 2.45) is 0 Å². The van der Waals surface area contributed by atoms with Crippen LogP contribution >= 0.6 is 0 Å². The predicted octanol–water partition coefficient (Wildman–Crippen LogP) is 2.78. The fourth-order valence-corrected chi connectivity index (χ4v) is 4.16. The van der Waals surface area contributed by atoms with Crippen LogP contribution in [0.1, 0.15) is 29.8 Å². The molecule has 2 bridgehead atoms. The summed E-state index contributed by atoms with van der Waals surface area (Å²) in [6.07, 6.45) is 0.868. The van der Waals surface area contributed by atoms with Gasteiger partial charge in [-0.2, -0.15) is 0 Å². The molecule has 2 atom stereocenters. The van der Waals surface area contributed by atoms with E-state index < -0.39 is 11.4 Å². The van der Waals surface area contributed by atoms with Gasteiger partial charge in [0.1, 0.15) is 17.1 Å². The second kappa shape index (κ2) is 6.48. The summed E-state index contributed by atoms with van der Waals surface area (Å²) in [5.41, 5.74) is 0.911. The number of hydrogen-bond acceptors (Lipinski definition) is 4. The molecular weight excluding hydrogens is 319 g/mol. The van der Waals surface area contributed by atoms with Gasteiger partial charge in [0.25, 0.3) is 0 Å². The summed E-state index contributed by atoms with van der Waals surface area (Å²) in [7, 11) is 0. The summed E-state index contributed by atoms with van der Waals surface area (Å²) < 4.78 is 20.1. The molecule has 0 aliphatic carbocycles. The summed E-state index contributed by atoms with van der Waals surface area (Å²) >= 11 is 0. The zero-order valence-electron chi connectivity index (χ0n) is 14.4. The van der Waals surface area contributed by atoms with Gasteiger partial charge in [-0.3, -0.25) is 9.88 Å². The van der Waals surface area contributed by atoms with Crippen LogP contribution in [0, 0.1) is 12.7 Å². The van der Waals surface area contributed by atoms with E-state index in [2.05, 4.69) is 22.0 Å². The maximum absolute atomic E-state index is 14.4. The smallest absolute Gasteiger partial charge is 0.147 e. The molecule has 0 saturated carbocycles. The Morgan fingerprint density at radius 2 is 1.84 bits per heavy atom. The monoisotopic (exact) mass is 342 g/mol. The molecule has 0 spiro atoms. The normalized spacial score (nSPS) is 29.6. The Morgan fingerprint density at radius 3 is 2.52 bits per heavy atom. The second-order valence-corrected chi connectivity index (χ2v) is 7.23. The Labute approximate surface area is 147 Å². The number of halogens is 1. The van der Waals surface area contributed by atoms with Gasteiger partial charge in [-0.1, -0.05) is 30.3 Å². The Bertz CT molecular complexity index is 739. The summed E-state index contributed by atoms with van der Waals surface area (Å²) in [6, 6.07) is 13.4. The standard InChI is InChI=1S/C20H23FN2O2/c1-14-7-8-18(21)19(22-14)20(24)9-16-12-25-13-17(10-20)23(16)11-15-5-3-2-4-6-15/h2-8,16-17,24H,9-13H2,1H3. The van der Waals surface area contributed by atoms with Crippen LogP contribution < -0.4 is 0 Å². The van der Waals surface area contributed by atoms with Crippen molar-refractivity contribution in [3.63, 3.8) is 0 Å². The van der Waals surface area contributed by atoms with Gasteiger partial charge in [0.2, 0.25) is 0 Å². The van der Waals surface area contributed by atoms with Gasteiger partial charge >= 0.3 is 0 Å². The van der Waals surface area contributed by atoms with Crippen LogP contribution in [-0.2, 0) is 16.9 Å². The second-order valence-electron chi connectivity index (χ2n) is 7.23. The molecule has 2 unspecified atom stereocenters. The van der Waals surface area contributed by atoms with E-state index in [1.54, 1.807) is 6.07 Å². The van der Waals surface area contributed by atoms with Gasteiger partial charge < -0.3 is 9.84 Å². The third kappa shape index (κ3) is 3.19. The van der Waals surface area contributed by atoms with Gasteiger partial charge in [-0.25, -0.2) is 4.39 Å². The number of hydrogen-bond donors (Lipinski definition) is 1. The van der Waals surface area contributed by atoms with E-state index in [1.807, 2.05) is 25.1 Å². The maximum Gasteiger partial charge on any atom is 0.147 e. The molecule has 3 heterocycles. The summed E-state index contributed by atoms with van der Waals surface area (Å²) in [5, 5.41) is 11.3. The molecule has 2 aliphatic rings. The Balaban J connectivity index is 1.61. The number of rotatable bonds is 3. The summed E-state index contributed by atoms with van der Waals surface area (Å²) in [6.45, 7) is 3.75. The molecule has 2 aromatic rings. The fraction of sp³-hybridized carbons (Fsp3) is 0.450. The van der Waals surface area contributed by atoms with Gasteiger partial charge in [-0.05, 0) is 37.5 Å². The first-order chi connectivity index (χ1) is 12.0. The van der Waals surface area contributed by atoms with E-state index in [9.17, 15) is 9.50 Å². The zero-order chi connectivity index (χ0) is 17.4. The third-order valence-corrected chi connectivity index (χ3v) is 5.34. The lowest BCUT2D eigenvalue weighted by molar-refractivity contribution is -0.151. The topological polar surface area (TPSA) is 45.6 Å². The SMILES string of the molecule is Cc1ccc(F)c(C2(O)CC3COCC(C2)N3Cc2ccccc2)n1. The first kappa shape index (κ1) is 16.6. The molecule has 4 nitrogen and oxygen atoms in total. The lowest BCUT2D eigenvalue weighted by atomic mass is 9.78. The maximum atomic E-state index is 14.4. The Morgan fingerprint density at radius 1 is 1.16 bits per heavy atom. The van der Waals surface area contributed by atoms with Crippen LogP contribution in [-0.4, -0.2) is 40.3 Å². The minimum Gasteiger partial charge on any atom is -0.383 e. The average molecular weight is 342 g/mol. The minimum absolute atomic E-state index is 0.0550. The molecule has 2 aliphatic heterocycles. The van der Waals surface area contributed by atoms with Crippen molar-refractivity contribution >= 4 is 0 Å². The van der Waals surface area contributed by atoms with E-state index in [-0.39, 0.29) is 17.8 Å². The molecule has 1 aromatic heterocycles. The van der Waals surface area contributed by atoms with Gasteiger partial charge in [-0.15, -0.1) is 0 Å². The summed E-state index contributed by atoms with van der Waals surface area (Å²) in [4.78, 5) is 6.71. The van der Waals surface area contributed by atoms with Gasteiger partial charge in [0.05, 0.1) is 13.2 Å². The zero-order valence-corrected chi connectivity index (χ0v) is 14.4. The molecule has 0 radical (unpaired) electrons. The van der Waals surface area contributed by atoms with Gasteiger partial charge in [0, 0.05) is 24.3 Å². The van der Waals surface area contributed by atoms with Crippen LogP contribution in [0.2, 0.25) is 0 Å². The molecule has 2 saturated heterocycles. The lowest BCUT2D eigenvalue weighted by Gasteiger charge is -2.51. The van der Waals surface area contributed by atoms with E-state index >= 15 is 0 Å². The number of nitrogens with zero attached hydrogens (tertiary/aromatic N) is 2. The van der Waals surface area contributed by atoms with Crippen LogP contribution in [0.4, 0.5) is 4.39 Å². The predicted molar refractivity (Wildman–Crippen MR) is 92.4 cm³/mol. The number of aryl methyl sites for hydroxylation is 1. The molecule has 5 heteroatoms. The lowest BCUT2D eigenvalue weighted by Crippen LogP contribution is -2.60. The largest absolute Gasteiger partial charge is 0.383 e. The first-order valence-electron chi connectivity index (χ1n) is 8.78. The van der Waals surface area contributed by atoms with Crippen molar-refractivity contribution < 1.29 is 14.2 Å². The van der Waals surface area contributed by atoms with Crippen molar-refractivity contribution in [1.29, 1.82) is 0 Å².